The molecule has 0 aliphatic carbocycles. The van der Waals surface area contributed by atoms with Crippen LogP contribution in [-0.2, 0) is 21.4 Å². The quantitative estimate of drug-likeness (QED) is 0.771. The maximum atomic E-state index is 12.0. The molecule has 1 heterocycles. The molecular weight excluding hydrogens is 270 g/mol. The van der Waals surface area contributed by atoms with E-state index in [-0.39, 0.29) is 17.9 Å². The number of aromatic nitrogens is 2. The van der Waals surface area contributed by atoms with Crippen LogP contribution in [0, 0.1) is 6.92 Å². The lowest BCUT2D eigenvalue weighted by Crippen LogP contribution is -2.33. The fourth-order valence-corrected chi connectivity index (χ4v) is 2.94. The van der Waals surface area contributed by atoms with Gasteiger partial charge in [0.05, 0.1) is 0 Å². The summed E-state index contributed by atoms with van der Waals surface area (Å²) in [5.74, 6) is -0.321. The van der Waals surface area contributed by atoms with Gasteiger partial charge in [0.25, 0.3) is 10.0 Å². The molecule has 0 amide bonds. The van der Waals surface area contributed by atoms with E-state index in [9.17, 15) is 13.2 Å². The van der Waals surface area contributed by atoms with Gasteiger partial charge in [-0.3, -0.25) is 4.79 Å². The van der Waals surface area contributed by atoms with E-state index in [2.05, 4.69) is 9.71 Å². The normalized spacial score (nSPS) is 13.4. The zero-order valence-corrected chi connectivity index (χ0v) is 12.1. The minimum absolute atomic E-state index is 0.0333. The number of carboxylic acids is 1. The molecule has 0 saturated heterocycles. The first-order valence-electron chi connectivity index (χ1n) is 6.04. The van der Waals surface area contributed by atoms with Crippen LogP contribution in [0.2, 0.25) is 0 Å². The third-order valence-corrected chi connectivity index (χ3v) is 4.18. The van der Waals surface area contributed by atoms with Gasteiger partial charge in [-0.25, -0.2) is 18.1 Å². The van der Waals surface area contributed by atoms with Gasteiger partial charge in [-0.05, 0) is 27.2 Å². The van der Waals surface area contributed by atoms with Gasteiger partial charge in [-0.1, -0.05) is 0 Å². The molecule has 1 aromatic rings. The van der Waals surface area contributed by atoms with Crippen LogP contribution in [-0.4, -0.2) is 35.1 Å². The highest BCUT2D eigenvalue weighted by Crippen LogP contribution is 2.10. The summed E-state index contributed by atoms with van der Waals surface area (Å²) in [6.45, 7) is 5.90. The molecule has 1 atom stereocenters. The zero-order chi connectivity index (χ0) is 14.6. The van der Waals surface area contributed by atoms with Crippen molar-refractivity contribution in [3.63, 3.8) is 0 Å². The molecule has 0 fully saturated rings. The molecule has 7 nitrogen and oxygen atoms in total. The van der Waals surface area contributed by atoms with E-state index in [0.717, 1.165) is 0 Å². The number of nitrogens with zero attached hydrogens (tertiary/aromatic N) is 2. The van der Waals surface area contributed by atoms with Crippen molar-refractivity contribution in [3.8, 4) is 0 Å². The minimum Gasteiger partial charge on any atom is -0.481 e. The van der Waals surface area contributed by atoms with Crippen molar-refractivity contribution >= 4 is 16.0 Å². The molecule has 0 aliphatic rings. The Kier molecular flexibility index (Phi) is 5.07. The number of aryl methyl sites for hydroxylation is 2. The Labute approximate surface area is 112 Å². The molecule has 1 unspecified atom stereocenters. The lowest BCUT2D eigenvalue weighted by atomic mass is 10.2. The Hall–Kier alpha value is -1.41. The van der Waals surface area contributed by atoms with Crippen LogP contribution >= 0.6 is 0 Å². The van der Waals surface area contributed by atoms with Crippen molar-refractivity contribution in [3.05, 3.63) is 12.0 Å². The van der Waals surface area contributed by atoms with Crippen LogP contribution in [0.25, 0.3) is 0 Å². The average molecular weight is 289 g/mol. The third-order valence-electron chi connectivity index (χ3n) is 2.72. The number of aliphatic carboxylic acids is 1. The molecule has 0 saturated carbocycles. The van der Waals surface area contributed by atoms with E-state index >= 15 is 0 Å². The van der Waals surface area contributed by atoms with Gasteiger partial charge in [-0.15, -0.1) is 0 Å². The van der Waals surface area contributed by atoms with Crippen molar-refractivity contribution in [1.29, 1.82) is 0 Å². The highest BCUT2D eigenvalue weighted by molar-refractivity contribution is 7.89. The predicted octanol–water partition coefficient (Wildman–Crippen LogP) is 0.743. The summed E-state index contributed by atoms with van der Waals surface area (Å²) in [5.41, 5.74) is 0. The van der Waals surface area contributed by atoms with E-state index in [1.54, 1.807) is 18.4 Å². The third kappa shape index (κ3) is 4.32. The van der Waals surface area contributed by atoms with E-state index in [1.807, 2.05) is 6.92 Å². The van der Waals surface area contributed by atoms with Crippen molar-refractivity contribution in [2.45, 2.75) is 51.2 Å². The second kappa shape index (κ2) is 6.16. The molecule has 0 aliphatic heterocycles. The molecule has 0 spiro atoms. The smallest absolute Gasteiger partial charge is 0.303 e. The Balaban J connectivity index is 2.77. The number of hydrogen-bond acceptors (Lipinski definition) is 4. The average Bonchev–Trinajstić information content (AvgIpc) is 2.68. The van der Waals surface area contributed by atoms with Gasteiger partial charge < -0.3 is 9.67 Å². The maximum Gasteiger partial charge on any atom is 0.303 e. The molecule has 1 aromatic heterocycles. The maximum absolute atomic E-state index is 12.0. The molecule has 0 bridgehead atoms. The molecule has 1 rings (SSSR count). The van der Waals surface area contributed by atoms with Crippen molar-refractivity contribution in [1.82, 2.24) is 14.3 Å². The SMILES string of the molecule is CCn1cc(S(=O)(=O)NC(C)CCC(=O)O)nc1C. The molecule has 8 heteroatoms. The first kappa shape index (κ1) is 15.6. The Morgan fingerprint density at radius 3 is 2.68 bits per heavy atom. The second-order valence-corrected chi connectivity index (χ2v) is 6.03. The second-order valence-electron chi connectivity index (χ2n) is 4.37. The standard InChI is InChI=1S/C11H19N3O4S/c1-4-14-7-10(12-9(14)3)19(17,18)13-8(2)5-6-11(15)16/h7-8,13H,4-6H2,1-3H3,(H,15,16). The predicted molar refractivity (Wildman–Crippen MR) is 69.3 cm³/mol. The number of nitrogens with one attached hydrogen (secondary N) is 1. The molecule has 0 radical (unpaired) electrons. The van der Waals surface area contributed by atoms with Crippen molar-refractivity contribution in [2.75, 3.05) is 0 Å². The van der Waals surface area contributed by atoms with Crippen LogP contribution in [0.4, 0.5) is 0 Å². The molecule has 19 heavy (non-hydrogen) atoms. The lowest BCUT2D eigenvalue weighted by Gasteiger charge is -2.11. The summed E-state index contributed by atoms with van der Waals surface area (Å²) in [4.78, 5) is 14.4. The van der Waals surface area contributed by atoms with Crippen LogP contribution in [0.5, 0.6) is 0 Å². The van der Waals surface area contributed by atoms with Crippen molar-refractivity contribution in [2.24, 2.45) is 0 Å². The van der Waals surface area contributed by atoms with Crippen LogP contribution < -0.4 is 4.72 Å². The summed E-state index contributed by atoms with van der Waals surface area (Å²) in [6.07, 6.45) is 1.63. The number of sulfonamides is 1. The van der Waals surface area contributed by atoms with Gasteiger partial charge in [-0.2, -0.15) is 0 Å². The Bertz CT molecular complexity index is 550. The molecule has 0 aromatic carbocycles. The first-order valence-corrected chi connectivity index (χ1v) is 7.52. The topological polar surface area (TPSA) is 101 Å². The number of carbonyl (C=O) groups is 1. The Morgan fingerprint density at radius 2 is 2.21 bits per heavy atom. The fraction of sp³-hybridized carbons (Fsp3) is 0.636. The summed E-state index contributed by atoms with van der Waals surface area (Å²) in [5, 5.41) is 8.52. The monoisotopic (exact) mass is 289 g/mol. The van der Waals surface area contributed by atoms with E-state index < -0.39 is 22.0 Å². The largest absolute Gasteiger partial charge is 0.481 e. The van der Waals surface area contributed by atoms with E-state index in [0.29, 0.717) is 12.4 Å². The van der Waals surface area contributed by atoms with Crippen LogP contribution in [0.1, 0.15) is 32.5 Å². The van der Waals surface area contributed by atoms with E-state index in [1.165, 1.54) is 6.20 Å². The van der Waals surface area contributed by atoms with Crippen LogP contribution in [0.3, 0.4) is 0 Å². The zero-order valence-electron chi connectivity index (χ0n) is 11.3. The number of hydrogen-bond donors (Lipinski definition) is 2. The first-order chi connectivity index (χ1) is 8.76. The number of carboxylic acid groups (broad SMARTS) is 1. The highest BCUT2D eigenvalue weighted by Gasteiger charge is 2.21. The summed E-state index contributed by atoms with van der Waals surface area (Å²) in [7, 11) is -3.69. The Morgan fingerprint density at radius 1 is 1.58 bits per heavy atom. The van der Waals surface area contributed by atoms with Crippen molar-refractivity contribution < 1.29 is 18.3 Å². The van der Waals surface area contributed by atoms with E-state index in [4.69, 9.17) is 5.11 Å². The van der Waals surface area contributed by atoms with Gasteiger partial charge in [0.1, 0.15) is 5.82 Å². The number of rotatable bonds is 7. The van der Waals surface area contributed by atoms with Gasteiger partial charge in [0.2, 0.25) is 0 Å². The van der Waals surface area contributed by atoms with Gasteiger partial charge in [0, 0.05) is 25.2 Å². The molecule has 108 valence electrons. The minimum atomic E-state index is -3.69. The highest BCUT2D eigenvalue weighted by atomic mass is 32.2. The van der Waals surface area contributed by atoms with Gasteiger partial charge in [0.15, 0.2) is 5.03 Å². The summed E-state index contributed by atoms with van der Waals surface area (Å²) in [6, 6.07) is -0.451. The lowest BCUT2D eigenvalue weighted by molar-refractivity contribution is -0.137. The van der Waals surface area contributed by atoms with Gasteiger partial charge >= 0.3 is 5.97 Å². The van der Waals surface area contributed by atoms with Crippen LogP contribution in [0.15, 0.2) is 11.2 Å². The summed E-state index contributed by atoms with van der Waals surface area (Å²) >= 11 is 0. The number of imidazole rings is 1. The summed E-state index contributed by atoms with van der Waals surface area (Å²) < 4.78 is 28.2. The molecular formula is C11H19N3O4S. The fourth-order valence-electron chi connectivity index (χ4n) is 1.65. The molecule has 2 N–H and O–H groups in total.